The fourth-order valence-electron chi connectivity index (χ4n) is 0.975. The van der Waals surface area contributed by atoms with E-state index in [4.69, 9.17) is 16.0 Å². The van der Waals surface area contributed by atoms with E-state index in [1.165, 1.54) is 6.26 Å². The number of aromatic nitrogens is 2. The average Bonchev–Trinajstić information content (AvgIpc) is 2.67. The van der Waals surface area contributed by atoms with Crippen LogP contribution in [-0.2, 0) is 5.88 Å². The van der Waals surface area contributed by atoms with E-state index in [-0.39, 0.29) is 12.4 Å². The molecule has 74 valence electrons. The van der Waals surface area contributed by atoms with Gasteiger partial charge in [0.05, 0.1) is 11.6 Å². The first-order valence-corrected chi connectivity index (χ1v) is 4.35. The van der Waals surface area contributed by atoms with Crippen molar-refractivity contribution in [1.82, 2.24) is 9.97 Å². The van der Waals surface area contributed by atoms with Crippen molar-refractivity contribution in [2.45, 2.75) is 5.88 Å². The maximum atomic E-state index is 5.58. The number of alkyl halides is 1. The molecule has 0 saturated carbocycles. The van der Waals surface area contributed by atoms with E-state index in [0.717, 1.165) is 11.4 Å². The first-order valence-electron chi connectivity index (χ1n) is 3.82. The minimum Gasteiger partial charge on any atom is -0.443 e. The van der Waals surface area contributed by atoms with E-state index in [1.807, 2.05) is 18.2 Å². The highest BCUT2D eigenvalue weighted by Gasteiger charge is 2.05. The second-order valence-corrected chi connectivity index (χ2v) is 2.76. The summed E-state index contributed by atoms with van der Waals surface area (Å²) >= 11 is 5.58. The normalized spacial score (nSPS) is 9.50. The van der Waals surface area contributed by atoms with Crippen LogP contribution in [0.15, 0.2) is 35.1 Å². The fraction of sp³-hybridized carbons (Fsp3) is 0.111. The Hall–Kier alpha value is -1.06. The van der Waals surface area contributed by atoms with E-state index >= 15 is 0 Å². The summed E-state index contributed by atoms with van der Waals surface area (Å²) in [7, 11) is 0. The zero-order valence-corrected chi connectivity index (χ0v) is 8.76. The standard InChI is InChI=1S/C9H7ClN2O.ClH/c10-5-7-6-13-9(12-7)8-3-1-2-4-11-8;/h1-4,6H,5H2;1H. The number of rotatable bonds is 2. The third-order valence-electron chi connectivity index (χ3n) is 1.57. The number of halogens is 2. The average molecular weight is 231 g/mol. The van der Waals surface area contributed by atoms with Gasteiger partial charge in [-0.1, -0.05) is 6.07 Å². The van der Waals surface area contributed by atoms with Gasteiger partial charge in [-0.25, -0.2) is 4.98 Å². The Bertz CT molecular complexity index is 389. The lowest BCUT2D eigenvalue weighted by atomic mass is 10.3. The summed E-state index contributed by atoms with van der Waals surface area (Å²) in [6.45, 7) is 0. The van der Waals surface area contributed by atoms with Gasteiger partial charge in [0, 0.05) is 6.20 Å². The van der Waals surface area contributed by atoms with Crippen LogP contribution in [0.4, 0.5) is 0 Å². The maximum absolute atomic E-state index is 5.58. The highest BCUT2D eigenvalue weighted by atomic mass is 35.5. The van der Waals surface area contributed by atoms with Crippen LogP contribution in [0.5, 0.6) is 0 Å². The molecule has 0 aliphatic carbocycles. The van der Waals surface area contributed by atoms with Gasteiger partial charge in [0.15, 0.2) is 0 Å². The van der Waals surface area contributed by atoms with Gasteiger partial charge < -0.3 is 4.42 Å². The van der Waals surface area contributed by atoms with Gasteiger partial charge in [0.2, 0.25) is 5.89 Å². The summed E-state index contributed by atoms with van der Waals surface area (Å²) in [4.78, 5) is 8.24. The molecule has 2 rings (SSSR count). The minimum absolute atomic E-state index is 0. The van der Waals surface area contributed by atoms with Crippen LogP contribution < -0.4 is 0 Å². The molecule has 5 heteroatoms. The first-order chi connectivity index (χ1) is 6.40. The molecular formula is C9H8Cl2N2O. The second kappa shape index (κ2) is 4.98. The Labute approximate surface area is 92.5 Å². The monoisotopic (exact) mass is 230 g/mol. The fourth-order valence-corrected chi connectivity index (χ4v) is 1.10. The van der Waals surface area contributed by atoms with Gasteiger partial charge in [0.25, 0.3) is 0 Å². The van der Waals surface area contributed by atoms with E-state index in [2.05, 4.69) is 9.97 Å². The van der Waals surface area contributed by atoms with Gasteiger partial charge >= 0.3 is 0 Å². The van der Waals surface area contributed by atoms with Crippen LogP contribution in [-0.4, -0.2) is 9.97 Å². The lowest BCUT2D eigenvalue weighted by Crippen LogP contribution is -1.82. The van der Waals surface area contributed by atoms with Crippen molar-refractivity contribution in [2.24, 2.45) is 0 Å². The molecule has 2 heterocycles. The molecule has 0 amide bonds. The molecule has 0 saturated heterocycles. The molecule has 0 bridgehead atoms. The molecule has 0 aliphatic heterocycles. The summed E-state index contributed by atoms with van der Waals surface area (Å²) < 4.78 is 5.18. The van der Waals surface area contributed by atoms with Gasteiger partial charge in [-0.2, -0.15) is 0 Å². The van der Waals surface area contributed by atoms with E-state index in [0.29, 0.717) is 11.8 Å². The van der Waals surface area contributed by atoms with Crippen molar-refractivity contribution in [3.63, 3.8) is 0 Å². The maximum Gasteiger partial charge on any atom is 0.245 e. The zero-order chi connectivity index (χ0) is 9.10. The molecule has 0 atom stereocenters. The highest BCUT2D eigenvalue weighted by Crippen LogP contribution is 2.15. The SMILES string of the molecule is Cl.ClCc1coc(-c2ccccn2)n1. The molecular weight excluding hydrogens is 223 g/mol. The van der Waals surface area contributed by atoms with Crippen molar-refractivity contribution < 1.29 is 4.42 Å². The van der Waals surface area contributed by atoms with Crippen molar-refractivity contribution in [1.29, 1.82) is 0 Å². The third-order valence-corrected chi connectivity index (χ3v) is 1.85. The molecule has 0 spiro atoms. The van der Waals surface area contributed by atoms with Crippen molar-refractivity contribution >= 4 is 24.0 Å². The van der Waals surface area contributed by atoms with Crippen LogP contribution in [0.3, 0.4) is 0 Å². The van der Waals surface area contributed by atoms with Gasteiger partial charge in [-0.15, -0.1) is 24.0 Å². The Balaban J connectivity index is 0.000000980. The summed E-state index contributed by atoms with van der Waals surface area (Å²) in [5.74, 6) is 0.868. The van der Waals surface area contributed by atoms with Crippen LogP contribution in [0.2, 0.25) is 0 Å². The number of oxazole rings is 1. The summed E-state index contributed by atoms with van der Waals surface area (Å²) in [5, 5.41) is 0. The van der Waals surface area contributed by atoms with E-state index < -0.39 is 0 Å². The molecule has 14 heavy (non-hydrogen) atoms. The highest BCUT2D eigenvalue weighted by molar-refractivity contribution is 6.16. The van der Waals surface area contributed by atoms with Crippen LogP contribution in [0.25, 0.3) is 11.6 Å². The summed E-state index contributed by atoms with van der Waals surface area (Å²) in [6.07, 6.45) is 3.23. The van der Waals surface area contributed by atoms with Crippen LogP contribution in [0, 0.1) is 0 Å². The Morgan fingerprint density at radius 3 is 2.79 bits per heavy atom. The van der Waals surface area contributed by atoms with Crippen molar-refractivity contribution in [3.8, 4) is 11.6 Å². The van der Waals surface area contributed by atoms with E-state index in [9.17, 15) is 0 Å². The Morgan fingerprint density at radius 1 is 1.36 bits per heavy atom. The predicted molar refractivity (Wildman–Crippen MR) is 56.5 cm³/mol. The minimum atomic E-state index is 0. The molecule has 3 nitrogen and oxygen atoms in total. The smallest absolute Gasteiger partial charge is 0.245 e. The Kier molecular flexibility index (Phi) is 3.92. The molecule has 0 aromatic carbocycles. The van der Waals surface area contributed by atoms with Crippen LogP contribution >= 0.6 is 24.0 Å². The zero-order valence-electron chi connectivity index (χ0n) is 7.18. The molecule has 0 aliphatic rings. The number of pyridine rings is 1. The summed E-state index contributed by atoms with van der Waals surface area (Å²) in [5.41, 5.74) is 1.45. The molecule has 0 fully saturated rings. The largest absolute Gasteiger partial charge is 0.443 e. The molecule has 0 unspecified atom stereocenters. The lowest BCUT2D eigenvalue weighted by Gasteiger charge is -1.90. The predicted octanol–water partition coefficient (Wildman–Crippen LogP) is 2.90. The van der Waals surface area contributed by atoms with Crippen molar-refractivity contribution in [3.05, 3.63) is 36.4 Å². The number of hydrogen-bond acceptors (Lipinski definition) is 3. The third kappa shape index (κ3) is 2.25. The number of hydrogen-bond donors (Lipinski definition) is 0. The van der Waals surface area contributed by atoms with Gasteiger partial charge in [-0.05, 0) is 12.1 Å². The quantitative estimate of drug-likeness (QED) is 0.746. The van der Waals surface area contributed by atoms with Crippen molar-refractivity contribution in [2.75, 3.05) is 0 Å². The molecule has 2 aromatic heterocycles. The van der Waals surface area contributed by atoms with E-state index in [1.54, 1.807) is 6.20 Å². The summed E-state index contributed by atoms with van der Waals surface area (Å²) in [6, 6.07) is 5.56. The topological polar surface area (TPSA) is 38.9 Å². The molecule has 2 aromatic rings. The lowest BCUT2D eigenvalue weighted by molar-refractivity contribution is 0.571. The molecule has 0 radical (unpaired) electrons. The second-order valence-electron chi connectivity index (χ2n) is 2.49. The first kappa shape index (κ1) is 11.0. The Morgan fingerprint density at radius 2 is 2.21 bits per heavy atom. The molecule has 0 N–H and O–H groups in total. The van der Waals surface area contributed by atoms with Crippen LogP contribution in [0.1, 0.15) is 5.69 Å². The van der Waals surface area contributed by atoms with Gasteiger partial charge in [0.1, 0.15) is 12.0 Å². The number of nitrogens with zero attached hydrogens (tertiary/aromatic N) is 2. The van der Waals surface area contributed by atoms with Gasteiger partial charge in [-0.3, -0.25) is 4.98 Å².